The van der Waals surface area contributed by atoms with Gasteiger partial charge in [0.1, 0.15) is 0 Å². The van der Waals surface area contributed by atoms with Gasteiger partial charge in [0.05, 0.1) is 12.6 Å². The molecule has 26 heavy (non-hydrogen) atoms. The minimum absolute atomic E-state index is 0.0144. The summed E-state index contributed by atoms with van der Waals surface area (Å²) < 4.78 is 0. The highest BCUT2D eigenvalue weighted by Crippen LogP contribution is 2.10. The van der Waals surface area contributed by atoms with E-state index in [2.05, 4.69) is 5.32 Å². The van der Waals surface area contributed by atoms with Crippen LogP contribution in [0.5, 0.6) is 0 Å². The fraction of sp³-hybridized carbons (Fsp3) is 0.333. The molecule has 0 fully saturated rings. The third-order valence-corrected chi connectivity index (χ3v) is 4.39. The molecule has 2 aromatic rings. The number of rotatable bonds is 7. The number of nitrogens with one attached hydrogen (secondary N) is 1. The summed E-state index contributed by atoms with van der Waals surface area (Å²) in [6, 6.07) is 17.1. The number of nitrogens with zero attached hydrogens (tertiary/aromatic N) is 2. The average Bonchev–Trinajstić information content (AvgIpc) is 2.63. The topological polar surface area (TPSA) is 52.7 Å². The number of carbonyl (C=O) groups is 2. The number of hydrogen-bond acceptors (Lipinski definition) is 3. The summed E-state index contributed by atoms with van der Waals surface area (Å²) in [6.07, 6.45) is 0. The second kappa shape index (κ2) is 9.15. The Labute approximate surface area is 155 Å². The maximum Gasteiger partial charge on any atom is 0.239 e. The van der Waals surface area contributed by atoms with Crippen molar-refractivity contribution in [2.75, 3.05) is 26.0 Å². The first-order valence-electron chi connectivity index (χ1n) is 8.72. The normalized spacial score (nSPS) is 11.9. The average molecular weight is 353 g/mol. The lowest BCUT2D eigenvalue weighted by molar-refractivity contribution is -0.135. The molecule has 0 heterocycles. The van der Waals surface area contributed by atoms with E-state index in [1.54, 1.807) is 23.9 Å². The molecule has 1 N–H and O–H groups in total. The first-order valence-corrected chi connectivity index (χ1v) is 8.72. The van der Waals surface area contributed by atoms with Crippen LogP contribution in [0, 0.1) is 6.92 Å². The molecule has 2 rings (SSSR count). The van der Waals surface area contributed by atoms with Crippen LogP contribution in [0.2, 0.25) is 0 Å². The van der Waals surface area contributed by atoms with Gasteiger partial charge in [0.25, 0.3) is 0 Å². The van der Waals surface area contributed by atoms with Crippen LogP contribution in [0.3, 0.4) is 0 Å². The van der Waals surface area contributed by atoms with Gasteiger partial charge in [0, 0.05) is 19.3 Å². The van der Waals surface area contributed by atoms with Crippen molar-refractivity contribution in [3.05, 3.63) is 65.7 Å². The van der Waals surface area contributed by atoms with Crippen LogP contribution in [0.1, 0.15) is 18.1 Å². The number of aryl methyl sites for hydroxylation is 1. The molecule has 0 aliphatic carbocycles. The zero-order valence-electron chi connectivity index (χ0n) is 15.9. The van der Waals surface area contributed by atoms with Crippen LogP contribution in [0.25, 0.3) is 0 Å². The van der Waals surface area contributed by atoms with Crippen LogP contribution >= 0.6 is 0 Å². The minimum Gasteiger partial charge on any atom is -0.340 e. The summed E-state index contributed by atoms with van der Waals surface area (Å²) in [7, 11) is 3.57. The number of amides is 2. The standard InChI is InChI=1S/C21H27N3O2/c1-16-10-12-19(13-11-16)22-20(25)15-23(3)17(2)21(26)24(4)14-18-8-6-5-7-9-18/h5-13,17H,14-15H2,1-4H3,(H,22,25)/t17-/m1/s1. The number of carbonyl (C=O) groups excluding carboxylic acids is 2. The zero-order chi connectivity index (χ0) is 19.1. The molecule has 138 valence electrons. The molecule has 0 bridgehead atoms. The molecule has 5 nitrogen and oxygen atoms in total. The van der Waals surface area contributed by atoms with Crippen molar-refractivity contribution in [3.63, 3.8) is 0 Å². The van der Waals surface area contributed by atoms with Crippen LogP contribution < -0.4 is 5.32 Å². The van der Waals surface area contributed by atoms with Crippen molar-refractivity contribution in [3.8, 4) is 0 Å². The third-order valence-electron chi connectivity index (χ3n) is 4.39. The van der Waals surface area contributed by atoms with Crippen LogP contribution in [-0.2, 0) is 16.1 Å². The van der Waals surface area contributed by atoms with Crippen molar-refractivity contribution in [1.29, 1.82) is 0 Å². The van der Waals surface area contributed by atoms with Crippen LogP contribution in [-0.4, -0.2) is 48.3 Å². The molecule has 0 radical (unpaired) electrons. The lowest BCUT2D eigenvalue weighted by Crippen LogP contribution is -2.46. The highest BCUT2D eigenvalue weighted by Gasteiger charge is 2.23. The van der Waals surface area contributed by atoms with E-state index in [0.29, 0.717) is 6.54 Å². The predicted octanol–water partition coefficient (Wildman–Crippen LogP) is 2.91. The molecule has 0 saturated heterocycles. The highest BCUT2D eigenvalue weighted by molar-refractivity contribution is 5.92. The maximum atomic E-state index is 12.6. The summed E-state index contributed by atoms with van der Waals surface area (Å²) in [6.45, 7) is 4.52. The molecule has 1 atom stereocenters. The molecule has 0 spiro atoms. The van der Waals surface area contributed by atoms with Gasteiger partial charge in [-0.15, -0.1) is 0 Å². The molecular formula is C21H27N3O2. The van der Waals surface area contributed by atoms with Gasteiger partial charge in [-0.1, -0.05) is 48.0 Å². The second-order valence-electron chi connectivity index (χ2n) is 6.69. The largest absolute Gasteiger partial charge is 0.340 e. The van der Waals surface area contributed by atoms with Gasteiger partial charge in [-0.25, -0.2) is 0 Å². The maximum absolute atomic E-state index is 12.6. The SMILES string of the molecule is Cc1ccc(NC(=O)CN(C)[C@H](C)C(=O)N(C)Cc2ccccc2)cc1. The first-order chi connectivity index (χ1) is 12.4. The van der Waals surface area contributed by atoms with Gasteiger partial charge < -0.3 is 10.2 Å². The second-order valence-corrected chi connectivity index (χ2v) is 6.69. The molecule has 5 heteroatoms. The Hall–Kier alpha value is -2.66. The summed E-state index contributed by atoms with van der Waals surface area (Å²) in [4.78, 5) is 28.3. The van der Waals surface area contributed by atoms with E-state index in [9.17, 15) is 9.59 Å². The molecule has 0 unspecified atom stereocenters. The molecule has 0 aliphatic rings. The molecule has 2 aromatic carbocycles. The van der Waals surface area contributed by atoms with Crippen molar-refractivity contribution in [2.45, 2.75) is 26.4 Å². The van der Waals surface area contributed by atoms with Gasteiger partial charge in [-0.2, -0.15) is 0 Å². The quantitative estimate of drug-likeness (QED) is 0.833. The highest BCUT2D eigenvalue weighted by atomic mass is 16.2. The zero-order valence-corrected chi connectivity index (χ0v) is 15.9. The summed E-state index contributed by atoms with van der Waals surface area (Å²) >= 11 is 0. The summed E-state index contributed by atoms with van der Waals surface area (Å²) in [5.74, 6) is -0.152. The summed E-state index contributed by atoms with van der Waals surface area (Å²) in [5, 5.41) is 2.86. The molecule has 2 amide bonds. The fourth-order valence-corrected chi connectivity index (χ4v) is 2.64. The van der Waals surface area contributed by atoms with E-state index in [4.69, 9.17) is 0 Å². The van der Waals surface area contributed by atoms with E-state index in [0.717, 1.165) is 16.8 Å². The van der Waals surface area contributed by atoms with Gasteiger partial charge in [0.2, 0.25) is 11.8 Å². The van der Waals surface area contributed by atoms with Crippen LogP contribution in [0.4, 0.5) is 5.69 Å². The van der Waals surface area contributed by atoms with E-state index in [-0.39, 0.29) is 24.4 Å². The lowest BCUT2D eigenvalue weighted by Gasteiger charge is -2.27. The Morgan fingerprint density at radius 1 is 1.00 bits per heavy atom. The van der Waals surface area contributed by atoms with E-state index in [1.807, 2.05) is 68.4 Å². The smallest absolute Gasteiger partial charge is 0.239 e. The van der Waals surface area contributed by atoms with E-state index < -0.39 is 0 Å². The van der Waals surface area contributed by atoms with Gasteiger partial charge in [0.15, 0.2) is 0 Å². The Morgan fingerprint density at radius 2 is 1.62 bits per heavy atom. The lowest BCUT2D eigenvalue weighted by atomic mass is 10.2. The minimum atomic E-state index is -0.382. The van der Waals surface area contributed by atoms with E-state index >= 15 is 0 Å². The summed E-state index contributed by atoms with van der Waals surface area (Å²) in [5.41, 5.74) is 2.98. The predicted molar refractivity (Wildman–Crippen MR) is 105 cm³/mol. The number of likely N-dealkylation sites (N-methyl/N-ethyl adjacent to an activating group) is 2. The van der Waals surface area contributed by atoms with Crippen molar-refractivity contribution >= 4 is 17.5 Å². The Bertz CT molecular complexity index is 729. The Kier molecular flexibility index (Phi) is 6.92. The molecule has 0 aromatic heterocycles. The van der Waals surface area contributed by atoms with Crippen LogP contribution in [0.15, 0.2) is 54.6 Å². The van der Waals surface area contributed by atoms with Crippen molar-refractivity contribution in [2.24, 2.45) is 0 Å². The Balaban J connectivity index is 1.86. The molecule has 0 aliphatic heterocycles. The molecular weight excluding hydrogens is 326 g/mol. The number of anilines is 1. The first kappa shape index (κ1) is 19.7. The Morgan fingerprint density at radius 3 is 2.23 bits per heavy atom. The van der Waals surface area contributed by atoms with E-state index in [1.165, 1.54) is 0 Å². The van der Waals surface area contributed by atoms with Crippen molar-refractivity contribution in [1.82, 2.24) is 9.80 Å². The van der Waals surface area contributed by atoms with Gasteiger partial charge in [-0.3, -0.25) is 14.5 Å². The van der Waals surface area contributed by atoms with Gasteiger partial charge >= 0.3 is 0 Å². The van der Waals surface area contributed by atoms with Crippen molar-refractivity contribution < 1.29 is 9.59 Å². The number of benzene rings is 2. The number of hydrogen-bond donors (Lipinski definition) is 1. The molecule has 0 saturated carbocycles. The third kappa shape index (κ3) is 5.70. The fourth-order valence-electron chi connectivity index (χ4n) is 2.64. The van der Waals surface area contributed by atoms with Gasteiger partial charge in [-0.05, 0) is 38.6 Å². The monoisotopic (exact) mass is 353 g/mol.